The fourth-order valence-corrected chi connectivity index (χ4v) is 4.00. The minimum atomic E-state index is 0.263. The Morgan fingerprint density at radius 2 is 2.05 bits per heavy atom. The topological polar surface area (TPSA) is 42.0 Å². The maximum absolute atomic E-state index is 12.0. The summed E-state index contributed by atoms with van der Waals surface area (Å²) in [7, 11) is 0. The molecule has 21 heavy (non-hydrogen) atoms. The van der Waals surface area contributed by atoms with Crippen LogP contribution < -0.4 is 5.32 Å². The second kappa shape index (κ2) is 7.03. The van der Waals surface area contributed by atoms with Gasteiger partial charge in [0.2, 0.25) is 5.91 Å². The van der Waals surface area contributed by atoms with Crippen LogP contribution in [0.4, 0.5) is 0 Å². The molecule has 1 aromatic heterocycles. The zero-order chi connectivity index (χ0) is 14.5. The average Bonchev–Trinajstić information content (AvgIpc) is 2.95. The number of para-hydroxylation sites is 1. The molecule has 0 aliphatic heterocycles. The quantitative estimate of drug-likeness (QED) is 0.850. The zero-order valence-electron chi connectivity index (χ0n) is 12.3. The van der Waals surface area contributed by atoms with E-state index in [4.69, 9.17) is 0 Å². The zero-order valence-corrected chi connectivity index (χ0v) is 13.1. The molecule has 1 aliphatic rings. The van der Waals surface area contributed by atoms with Crippen LogP contribution in [0.2, 0.25) is 0 Å². The summed E-state index contributed by atoms with van der Waals surface area (Å²) in [5, 5.41) is 4.26. The number of carbonyl (C=O) groups is 1. The lowest BCUT2D eigenvalue weighted by Crippen LogP contribution is -2.32. The number of fused-ring (bicyclic) bond motifs is 1. The van der Waals surface area contributed by atoms with Crippen LogP contribution in [0.25, 0.3) is 10.2 Å². The number of carbonyl (C=O) groups excluding carboxylic acids is 1. The first-order valence-electron chi connectivity index (χ1n) is 7.95. The molecule has 1 heterocycles. The first-order chi connectivity index (χ1) is 10.3. The number of thiazole rings is 1. The summed E-state index contributed by atoms with van der Waals surface area (Å²) in [4.78, 5) is 16.7. The monoisotopic (exact) mass is 302 g/mol. The van der Waals surface area contributed by atoms with Gasteiger partial charge in [0, 0.05) is 18.9 Å². The highest BCUT2D eigenvalue weighted by molar-refractivity contribution is 7.18. The molecule has 1 fully saturated rings. The van der Waals surface area contributed by atoms with Gasteiger partial charge in [-0.05, 0) is 31.4 Å². The minimum absolute atomic E-state index is 0.263. The van der Waals surface area contributed by atoms with E-state index >= 15 is 0 Å². The number of aryl methyl sites for hydroxylation is 1. The molecule has 1 aromatic carbocycles. The fraction of sp³-hybridized carbons (Fsp3) is 0.529. The van der Waals surface area contributed by atoms with Gasteiger partial charge in [-0.1, -0.05) is 31.4 Å². The smallest absolute Gasteiger partial charge is 0.223 e. The predicted molar refractivity (Wildman–Crippen MR) is 87.5 cm³/mol. The Morgan fingerprint density at radius 3 is 2.86 bits per heavy atom. The standard InChI is InChI=1S/C17H22N2OS/c20-17(13-7-2-1-3-8-13)18-12-6-11-16-19-14-9-4-5-10-15(14)21-16/h4-5,9-10,13H,1-3,6-8,11-12H2,(H,18,20). The van der Waals surface area contributed by atoms with Gasteiger partial charge in [-0.3, -0.25) is 4.79 Å². The number of hydrogen-bond acceptors (Lipinski definition) is 3. The SMILES string of the molecule is O=C(NCCCc1nc2ccccc2s1)C1CCCCC1. The van der Waals surface area contributed by atoms with E-state index < -0.39 is 0 Å². The van der Waals surface area contributed by atoms with Crippen LogP contribution >= 0.6 is 11.3 Å². The Balaban J connectivity index is 1.42. The molecule has 3 nitrogen and oxygen atoms in total. The summed E-state index contributed by atoms with van der Waals surface area (Å²) in [6.45, 7) is 0.769. The molecule has 2 aromatic rings. The number of hydrogen-bond donors (Lipinski definition) is 1. The van der Waals surface area contributed by atoms with Crippen LogP contribution in [-0.4, -0.2) is 17.4 Å². The number of rotatable bonds is 5. The van der Waals surface area contributed by atoms with Crippen LogP contribution in [0.1, 0.15) is 43.5 Å². The molecule has 1 saturated carbocycles. The lowest BCUT2D eigenvalue weighted by molar-refractivity contribution is -0.125. The second-order valence-electron chi connectivity index (χ2n) is 5.80. The fourth-order valence-electron chi connectivity index (χ4n) is 2.99. The van der Waals surface area contributed by atoms with Gasteiger partial charge in [-0.15, -0.1) is 11.3 Å². The molecule has 0 atom stereocenters. The summed E-state index contributed by atoms with van der Waals surface area (Å²) in [6.07, 6.45) is 7.78. The Morgan fingerprint density at radius 1 is 1.24 bits per heavy atom. The van der Waals surface area contributed by atoms with Gasteiger partial charge in [0.1, 0.15) is 0 Å². The van der Waals surface area contributed by atoms with E-state index in [1.165, 1.54) is 29.0 Å². The van der Waals surface area contributed by atoms with Crippen LogP contribution in [0.5, 0.6) is 0 Å². The molecule has 1 N–H and O–H groups in total. The summed E-state index contributed by atoms with van der Waals surface area (Å²) in [6, 6.07) is 8.24. The Labute approximate surface area is 129 Å². The van der Waals surface area contributed by atoms with E-state index in [0.717, 1.165) is 37.7 Å². The maximum Gasteiger partial charge on any atom is 0.223 e. The second-order valence-corrected chi connectivity index (χ2v) is 6.92. The first-order valence-corrected chi connectivity index (χ1v) is 8.77. The van der Waals surface area contributed by atoms with Crippen molar-refractivity contribution < 1.29 is 4.79 Å². The molecule has 3 rings (SSSR count). The summed E-state index contributed by atoms with van der Waals surface area (Å²) in [5.41, 5.74) is 1.09. The van der Waals surface area contributed by atoms with Crippen LogP contribution in [0.3, 0.4) is 0 Å². The highest BCUT2D eigenvalue weighted by Crippen LogP contribution is 2.24. The Bertz CT molecular complexity index is 569. The number of amides is 1. The van der Waals surface area contributed by atoms with Crippen molar-refractivity contribution in [3.05, 3.63) is 29.3 Å². The molecular weight excluding hydrogens is 280 g/mol. The first kappa shape index (κ1) is 14.5. The van der Waals surface area contributed by atoms with Crippen molar-refractivity contribution in [2.45, 2.75) is 44.9 Å². The average molecular weight is 302 g/mol. The lowest BCUT2D eigenvalue weighted by Gasteiger charge is -2.20. The summed E-state index contributed by atoms with van der Waals surface area (Å²) < 4.78 is 1.25. The molecule has 112 valence electrons. The third kappa shape index (κ3) is 3.82. The van der Waals surface area contributed by atoms with Crippen molar-refractivity contribution in [3.8, 4) is 0 Å². The van der Waals surface area contributed by atoms with Crippen molar-refractivity contribution in [2.24, 2.45) is 5.92 Å². The van der Waals surface area contributed by atoms with E-state index in [1.807, 2.05) is 6.07 Å². The van der Waals surface area contributed by atoms with E-state index in [9.17, 15) is 4.79 Å². The van der Waals surface area contributed by atoms with Gasteiger partial charge in [0.25, 0.3) is 0 Å². The van der Waals surface area contributed by atoms with Crippen molar-refractivity contribution in [1.29, 1.82) is 0 Å². The van der Waals surface area contributed by atoms with E-state index in [0.29, 0.717) is 0 Å². The van der Waals surface area contributed by atoms with Crippen molar-refractivity contribution in [2.75, 3.05) is 6.54 Å². The normalized spacial score (nSPS) is 16.2. The Kier molecular flexibility index (Phi) is 4.86. The lowest BCUT2D eigenvalue weighted by atomic mass is 9.89. The van der Waals surface area contributed by atoms with Gasteiger partial charge in [0.05, 0.1) is 15.2 Å². The summed E-state index contributed by atoms with van der Waals surface area (Å²) in [5.74, 6) is 0.528. The van der Waals surface area contributed by atoms with Crippen LogP contribution in [-0.2, 0) is 11.2 Å². The number of nitrogens with zero attached hydrogens (tertiary/aromatic N) is 1. The molecule has 1 amide bonds. The van der Waals surface area contributed by atoms with Gasteiger partial charge in [0.15, 0.2) is 0 Å². The van der Waals surface area contributed by atoms with Crippen molar-refractivity contribution >= 4 is 27.5 Å². The van der Waals surface area contributed by atoms with Gasteiger partial charge < -0.3 is 5.32 Å². The molecule has 4 heteroatoms. The molecular formula is C17H22N2OS. The van der Waals surface area contributed by atoms with Gasteiger partial charge >= 0.3 is 0 Å². The van der Waals surface area contributed by atoms with Gasteiger partial charge in [-0.25, -0.2) is 4.98 Å². The molecule has 0 spiro atoms. The minimum Gasteiger partial charge on any atom is -0.356 e. The highest BCUT2D eigenvalue weighted by atomic mass is 32.1. The van der Waals surface area contributed by atoms with Crippen molar-refractivity contribution in [3.63, 3.8) is 0 Å². The third-order valence-electron chi connectivity index (χ3n) is 4.18. The molecule has 0 radical (unpaired) electrons. The van der Waals surface area contributed by atoms with E-state index in [-0.39, 0.29) is 11.8 Å². The van der Waals surface area contributed by atoms with Crippen molar-refractivity contribution in [1.82, 2.24) is 10.3 Å². The molecule has 1 aliphatic carbocycles. The Hall–Kier alpha value is -1.42. The molecule has 0 unspecified atom stereocenters. The third-order valence-corrected chi connectivity index (χ3v) is 5.28. The molecule has 0 bridgehead atoms. The number of aromatic nitrogens is 1. The number of nitrogens with one attached hydrogen (secondary N) is 1. The largest absolute Gasteiger partial charge is 0.356 e. The molecule has 0 saturated heterocycles. The summed E-state index contributed by atoms with van der Waals surface area (Å²) >= 11 is 1.76. The van der Waals surface area contributed by atoms with Crippen LogP contribution in [0, 0.1) is 5.92 Å². The highest BCUT2D eigenvalue weighted by Gasteiger charge is 2.20. The van der Waals surface area contributed by atoms with E-state index in [1.54, 1.807) is 11.3 Å². The number of benzene rings is 1. The maximum atomic E-state index is 12.0. The van der Waals surface area contributed by atoms with Gasteiger partial charge in [-0.2, -0.15) is 0 Å². The van der Waals surface area contributed by atoms with E-state index in [2.05, 4.69) is 28.5 Å². The van der Waals surface area contributed by atoms with Crippen LogP contribution in [0.15, 0.2) is 24.3 Å². The predicted octanol–water partition coefficient (Wildman–Crippen LogP) is 3.93.